The van der Waals surface area contributed by atoms with E-state index in [1.165, 1.54) is 12.1 Å². The van der Waals surface area contributed by atoms with Crippen molar-refractivity contribution in [3.05, 3.63) is 65.2 Å². The number of rotatable bonds is 6. The van der Waals surface area contributed by atoms with Crippen LogP contribution in [0.5, 0.6) is 0 Å². The highest BCUT2D eigenvalue weighted by atomic mass is 32.1. The maximum Gasteiger partial charge on any atom is 0.224 e. The van der Waals surface area contributed by atoms with Crippen LogP contribution in [-0.4, -0.2) is 22.4 Å². The van der Waals surface area contributed by atoms with Gasteiger partial charge in [0.2, 0.25) is 5.91 Å². The minimum Gasteiger partial charge on any atom is -0.355 e. The first kappa shape index (κ1) is 15.4. The van der Waals surface area contributed by atoms with Crippen LogP contribution in [0.3, 0.4) is 0 Å². The Morgan fingerprint density at radius 2 is 2.09 bits per heavy atom. The molecule has 0 spiro atoms. The smallest absolute Gasteiger partial charge is 0.224 e. The van der Waals surface area contributed by atoms with Crippen LogP contribution >= 0.6 is 11.3 Å². The van der Waals surface area contributed by atoms with Gasteiger partial charge in [0.1, 0.15) is 11.6 Å². The minimum absolute atomic E-state index is 0.0818. The van der Waals surface area contributed by atoms with Crippen molar-refractivity contribution in [3.63, 3.8) is 0 Å². The van der Waals surface area contributed by atoms with Gasteiger partial charge in [0.25, 0.3) is 0 Å². The van der Waals surface area contributed by atoms with Gasteiger partial charge >= 0.3 is 0 Å². The number of imidazole rings is 1. The number of carbonyl (C=O) groups excluding carboxylic acids is 1. The third-order valence-electron chi connectivity index (χ3n) is 3.38. The van der Waals surface area contributed by atoms with E-state index in [4.69, 9.17) is 0 Å². The molecule has 2 aromatic heterocycles. The molecule has 1 amide bonds. The molecule has 0 radical (unpaired) electrons. The number of halogens is 1. The Labute approximate surface area is 137 Å². The summed E-state index contributed by atoms with van der Waals surface area (Å²) in [4.78, 5) is 20.6. The number of H-pyrrole nitrogens is 1. The molecule has 3 aromatic rings. The average Bonchev–Trinajstić information content (AvgIpc) is 3.20. The summed E-state index contributed by atoms with van der Waals surface area (Å²) < 4.78 is 12.8. The van der Waals surface area contributed by atoms with Gasteiger partial charge in [-0.1, -0.05) is 18.2 Å². The van der Waals surface area contributed by atoms with E-state index in [0.29, 0.717) is 13.0 Å². The Balaban J connectivity index is 1.46. The fraction of sp³-hybridized carbons (Fsp3) is 0.176. The molecule has 0 saturated heterocycles. The second kappa shape index (κ2) is 7.19. The molecule has 0 bridgehead atoms. The average molecular weight is 329 g/mol. The summed E-state index contributed by atoms with van der Waals surface area (Å²) >= 11 is 1.65. The molecule has 23 heavy (non-hydrogen) atoms. The van der Waals surface area contributed by atoms with Crippen molar-refractivity contribution in [1.29, 1.82) is 0 Å². The molecule has 0 fully saturated rings. The Morgan fingerprint density at radius 1 is 1.26 bits per heavy atom. The lowest BCUT2D eigenvalue weighted by Gasteiger charge is -2.04. The summed E-state index contributed by atoms with van der Waals surface area (Å²) in [6.45, 7) is 0.511. The largest absolute Gasteiger partial charge is 0.355 e. The van der Waals surface area contributed by atoms with E-state index in [-0.39, 0.29) is 18.1 Å². The summed E-state index contributed by atoms with van der Waals surface area (Å²) in [7, 11) is 0. The predicted octanol–water partition coefficient (Wildman–Crippen LogP) is 3.18. The van der Waals surface area contributed by atoms with E-state index in [2.05, 4.69) is 15.3 Å². The van der Waals surface area contributed by atoms with Gasteiger partial charge in [-0.15, -0.1) is 11.3 Å². The summed E-state index contributed by atoms with van der Waals surface area (Å²) in [5, 5.41) is 4.87. The molecule has 0 unspecified atom stereocenters. The fourth-order valence-electron chi connectivity index (χ4n) is 2.22. The van der Waals surface area contributed by atoms with Crippen molar-refractivity contribution in [2.45, 2.75) is 12.8 Å². The first-order valence-corrected chi connectivity index (χ1v) is 8.17. The van der Waals surface area contributed by atoms with Gasteiger partial charge in [0.15, 0.2) is 0 Å². The lowest BCUT2D eigenvalue weighted by Crippen LogP contribution is -2.27. The first-order valence-electron chi connectivity index (χ1n) is 7.29. The standard InChI is InChI=1S/C17H16FN3OS/c18-13-5-3-12(4-6-13)10-17(22)19-8-7-16-20-11-14(21-16)15-2-1-9-23-15/h1-6,9,11H,7-8,10H2,(H,19,22)(H,20,21). The zero-order chi connectivity index (χ0) is 16.1. The number of aromatic nitrogens is 2. The van der Waals surface area contributed by atoms with Crippen LogP contribution in [0.25, 0.3) is 10.6 Å². The Morgan fingerprint density at radius 3 is 2.83 bits per heavy atom. The molecule has 0 atom stereocenters. The third kappa shape index (κ3) is 4.26. The number of thiophene rings is 1. The van der Waals surface area contributed by atoms with Crippen LogP contribution in [0.4, 0.5) is 4.39 Å². The molecular formula is C17H16FN3OS. The summed E-state index contributed by atoms with van der Waals surface area (Å²) in [5.74, 6) is 0.464. The van der Waals surface area contributed by atoms with Gasteiger partial charge in [0.05, 0.1) is 23.2 Å². The van der Waals surface area contributed by atoms with E-state index in [9.17, 15) is 9.18 Å². The SMILES string of the molecule is O=C(Cc1ccc(F)cc1)NCCc1ncc(-c2cccs2)[nH]1. The van der Waals surface area contributed by atoms with E-state index in [0.717, 1.165) is 22.0 Å². The van der Waals surface area contributed by atoms with Crippen LogP contribution < -0.4 is 5.32 Å². The number of benzene rings is 1. The van der Waals surface area contributed by atoms with Gasteiger partial charge in [0, 0.05) is 13.0 Å². The van der Waals surface area contributed by atoms with Crippen molar-refractivity contribution in [1.82, 2.24) is 15.3 Å². The maximum absolute atomic E-state index is 12.8. The van der Waals surface area contributed by atoms with Crippen LogP contribution in [0, 0.1) is 5.82 Å². The number of hydrogen-bond acceptors (Lipinski definition) is 3. The lowest BCUT2D eigenvalue weighted by molar-refractivity contribution is -0.120. The van der Waals surface area contributed by atoms with E-state index < -0.39 is 0 Å². The first-order chi connectivity index (χ1) is 11.2. The fourth-order valence-corrected chi connectivity index (χ4v) is 2.91. The van der Waals surface area contributed by atoms with Crippen LogP contribution in [0.1, 0.15) is 11.4 Å². The van der Waals surface area contributed by atoms with Crippen molar-refractivity contribution in [3.8, 4) is 10.6 Å². The molecule has 6 heteroatoms. The second-order valence-electron chi connectivity index (χ2n) is 5.12. The number of amides is 1. The molecule has 2 heterocycles. The Hall–Kier alpha value is -2.47. The molecule has 4 nitrogen and oxygen atoms in total. The lowest BCUT2D eigenvalue weighted by atomic mass is 10.1. The van der Waals surface area contributed by atoms with E-state index in [1.54, 1.807) is 23.5 Å². The van der Waals surface area contributed by atoms with Crippen LogP contribution in [0.2, 0.25) is 0 Å². The molecule has 0 aliphatic heterocycles. The summed E-state index contributed by atoms with van der Waals surface area (Å²) in [5.41, 5.74) is 1.79. The Bertz CT molecular complexity index is 766. The molecule has 0 aliphatic rings. The monoisotopic (exact) mass is 329 g/mol. The van der Waals surface area contributed by atoms with Crippen LogP contribution in [-0.2, 0) is 17.6 Å². The van der Waals surface area contributed by atoms with Gasteiger partial charge < -0.3 is 10.3 Å². The highest BCUT2D eigenvalue weighted by molar-refractivity contribution is 7.13. The number of carbonyl (C=O) groups is 1. The molecule has 2 N–H and O–H groups in total. The molecule has 0 aliphatic carbocycles. The zero-order valence-electron chi connectivity index (χ0n) is 12.4. The highest BCUT2D eigenvalue weighted by Gasteiger charge is 2.06. The second-order valence-corrected chi connectivity index (χ2v) is 6.07. The van der Waals surface area contributed by atoms with Crippen molar-refractivity contribution in [2.75, 3.05) is 6.54 Å². The summed E-state index contributed by atoms with van der Waals surface area (Å²) in [6.07, 6.45) is 2.70. The number of nitrogens with one attached hydrogen (secondary N) is 2. The van der Waals surface area contributed by atoms with Gasteiger partial charge in [-0.2, -0.15) is 0 Å². The maximum atomic E-state index is 12.8. The number of hydrogen-bond donors (Lipinski definition) is 2. The number of nitrogens with zero attached hydrogens (tertiary/aromatic N) is 1. The van der Waals surface area contributed by atoms with Gasteiger partial charge in [-0.25, -0.2) is 9.37 Å². The molecule has 1 aromatic carbocycles. The van der Waals surface area contributed by atoms with Gasteiger partial charge in [-0.3, -0.25) is 4.79 Å². The van der Waals surface area contributed by atoms with Gasteiger partial charge in [-0.05, 0) is 29.1 Å². The highest BCUT2D eigenvalue weighted by Crippen LogP contribution is 2.22. The predicted molar refractivity (Wildman–Crippen MR) is 88.7 cm³/mol. The molecule has 0 saturated carbocycles. The van der Waals surface area contributed by atoms with Crippen LogP contribution in [0.15, 0.2) is 48.0 Å². The quantitative estimate of drug-likeness (QED) is 0.730. The van der Waals surface area contributed by atoms with E-state index >= 15 is 0 Å². The third-order valence-corrected chi connectivity index (χ3v) is 4.28. The van der Waals surface area contributed by atoms with Crippen molar-refractivity contribution in [2.24, 2.45) is 0 Å². The number of aromatic amines is 1. The minimum atomic E-state index is -0.298. The normalized spacial score (nSPS) is 10.7. The molecule has 3 rings (SSSR count). The topological polar surface area (TPSA) is 57.8 Å². The van der Waals surface area contributed by atoms with E-state index in [1.807, 2.05) is 23.7 Å². The molecular weight excluding hydrogens is 313 g/mol. The summed E-state index contributed by atoms with van der Waals surface area (Å²) in [6, 6.07) is 9.99. The Kier molecular flexibility index (Phi) is 4.83. The van der Waals surface area contributed by atoms with Crippen molar-refractivity contribution >= 4 is 17.2 Å². The zero-order valence-corrected chi connectivity index (χ0v) is 13.2. The molecule has 118 valence electrons. The van der Waals surface area contributed by atoms with Crippen molar-refractivity contribution < 1.29 is 9.18 Å².